The van der Waals surface area contributed by atoms with Crippen LogP contribution in [0.5, 0.6) is 0 Å². The maximum absolute atomic E-state index is 12.8. The van der Waals surface area contributed by atoms with Gasteiger partial charge < -0.3 is 4.90 Å². The molecule has 1 saturated heterocycles. The van der Waals surface area contributed by atoms with Gasteiger partial charge >= 0.3 is 0 Å². The van der Waals surface area contributed by atoms with E-state index in [4.69, 9.17) is 0 Å². The topological polar surface area (TPSA) is 104 Å². The fourth-order valence-electron chi connectivity index (χ4n) is 3.19. The molecule has 1 fully saturated rings. The number of carbonyl (C=O) groups excluding carboxylic acids is 1. The highest BCUT2D eigenvalue weighted by Gasteiger charge is 2.42. The van der Waals surface area contributed by atoms with Crippen molar-refractivity contribution in [3.8, 4) is 0 Å². The van der Waals surface area contributed by atoms with Gasteiger partial charge in [0.15, 0.2) is 0 Å². The van der Waals surface area contributed by atoms with Crippen molar-refractivity contribution in [2.75, 3.05) is 33.8 Å². The van der Waals surface area contributed by atoms with Crippen LogP contribution in [0.25, 0.3) is 0 Å². The zero-order valence-corrected chi connectivity index (χ0v) is 18.2. The lowest BCUT2D eigenvalue weighted by atomic mass is 10.2. The summed E-state index contributed by atoms with van der Waals surface area (Å²) in [5, 5.41) is 0. The van der Waals surface area contributed by atoms with Gasteiger partial charge in [0.25, 0.3) is 10.0 Å². The fourth-order valence-corrected chi connectivity index (χ4v) is 6.28. The number of nitrogens with zero attached hydrogens (tertiary/aromatic N) is 2. The number of rotatable bonds is 5. The number of nitrogens with one attached hydrogen (secondary N) is 1. The van der Waals surface area contributed by atoms with E-state index in [0.29, 0.717) is 11.3 Å². The number of anilines is 3. The van der Waals surface area contributed by atoms with Crippen LogP contribution >= 0.6 is 0 Å². The van der Waals surface area contributed by atoms with E-state index in [-0.39, 0.29) is 16.3 Å². The van der Waals surface area contributed by atoms with E-state index >= 15 is 0 Å². The van der Waals surface area contributed by atoms with Gasteiger partial charge in [-0.3, -0.25) is 9.52 Å². The molecule has 1 amide bonds. The second-order valence-electron chi connectivity index (χ2n) is 7.28. The number of amides is 1. The molecule has 1 aliphatic heterocycles. The SMILES string of the molecule is Cc1cc(N2C(=O)C(C)CS2(=O)=O)ccc1S(=O)(=O)Nc1ccc(N(C)C)cc1. The zero-order chi connectivity index (χ0) is 21.6. The summed E-state index contributed by atoms with van der Waals surface area (Å²) in [6.07, 6.45) is 0. The van der Waals surface area contributed by atoms with E-state index in [1.54, 1.807) is 38.1 Å². The Morgan fingerprint density at radius 1 is 1.10 bits per heavy atom. The number of aryl methyl sites for hydroxylation is 1. The van der Waals surface area contributed by atoms with Gasteiger partial charge in [-0.25, -0.2) is 21.1 Å². The van der Waals surface area contributed by atoms with Gasteiger partial charge in [0.2, 0.25) is 15.9 Å². The molecule has 1 N–H and O–H groups in total. The van der Waals surface area contributed by atoms with E-state index in [9.17, 15) is 21.6 Å². The molecule has 0 aliphatic carbocycles. The Bertz CT molecular complexity index is 1160. The second kappa shape index (κ2) is 7.34. The highest BCUT2D eigenvalue weighted by Crippen LogP contribution is 2.31. The Balaban J connectivity index is 1.90. The minimum Gasteiger partial charge on any atom is -0.378 e. The van der Waals surface area contributed by atoms with Crippen LogP contribution in [0.3, 0.4) is 0 Å². The first-order chi connectivity index (χ1) is 13.4. The molecule has 0 aromatic heterocycles. The Morgan fingerprint density at radius 2 is 1.72 bits per heavy atom. The average molecular weight is 438 g/mol. The van der Waals surface area contributed by atoms with Gasteiger partial charge in [-0.05, 0) is 55.0 Å². The molecule has 29 heavy (non-hydrogen) atoms. The molecule has 10 heteroatoms. The third-order valence-electron chi connectivity index (χ3n) is 4.68. The van der Waals surface area contributed by atoms with Crippen LogP contribution in [-0.4, -0.2) is 42.6 Å². The van der Waals surface area contributed by atoms with Crippen LogP contribution in [0.15, 0.2) is 47.4 Å². The first-order valence-corrected chi connectivity index (χ1v) is 12.0. The summed E-state index contributed by atoms with van der Waals surface area (Å²) in [5.74, 6) is -1.40. The maximum Gasteiger partial charge on any atom is 0.262 e. The third kappa shape index (κ3) is 4.08. The monoisotopic (exact) mass is 437 g/mol. The predicted octanol–water partition coefficient (Wildman–Crippen LogP) is 2.17. The van der Waals surface area contributed by atoms with Crippen molar-refractivity contribution < 1.29 is 21.6 Å². The molecule has 156 valence electrons. The van der Waals surface area contributed by atoms with Crippen molar-refractivity contribution >= 4 is 43.0 Å². The largest absolute Gasteiger partial charge is 0.378 e. The van der Waals surface area contributed by atoms with E-state index in [0.717, 1.165) is 9.99 Å². The minimum absolute atomic E-state index is 0.00929. The lowest BCUT2D eigenvalue weighted by molar-refractivity contribution is -0.119. The smallest absolute Gasteiger partial charge is 0.262 e. The first kappa shape index (κ1) is 21.1. The molecule has 2 aromatic carbocycles. The summed E-state index contributed by atoms with van der Waals surface area (Å²) in [5.41, 5.74) is 1.82. The number of hydrogen-bond acceptors (Lipinski definition) is 6. The predicted molar refractivity (Wildman–Crippen MR) is 113 cm³/mol. The van der Waals surface area contributed by atoms with Crippen LogP contribution in [0.4, 0.5) is 17.1 Å². The van der Waals surface area contributed by atoms with Crippen molar-refractivity contribution in [1.29, 1.82) is 0 Å². The molecule has 0 spiro atoms. The summed E-state index contributed by atoms with van der Waals surface area (Å²) >= 11 is 0. The van der Waals surface area contributed by atoms with Crippen LogP contribution in [0.2, 0.25) is 0 Å². The second-order valence-corrected chi connectivity index (χ2v) is 10.8. The molecular weight excluding hydrogens is 414 g/mol. The highest BCUT2D eigenvalue weighted by atomic mass is 32.2. The minimum atomic E-state index is -3.89. The van der Waals surface area contributed by atoms with Crippen molar-refractivity contribution in [2.45, 2.75) is 18.7 Å². The average Bonchev–Trinajstić information content (AvgIpc) is 2.81. The summed E-state index contributed by atoms with van der Waals surface area (Å²) in [4.78, 5) is 14.2. The van der Waals surface area contributed by atoms with Gasteiger partial charge in [-0.2, -0.15) is 0 Å². The fraction of sp³-hybridized carbons (Fsp3) is 0.316. The standard InChI is InChI=1S/C19H23N3O5S2/c1-13-11-17(22-19(23)14(2)12-28(22,24)25)9-10-18(13)29(26,27)20-15-5-7-16(8-6-15)21(3)4/h5-11,14,20H,12H2,1-4H3. The van der Waals surface area contributed by atoms with Crippen LogP contribution in [-0.2, 0) is 24.8 Å². The molecule has 1 atom stereocenters. The molecule has 2 aromatic rings. The Hall–Kier alpha value is -2.59. The highest BCUT2D eigenvalue weighted by molar-refractivity contribution is 7.94. The van der Waals surface area contributed by atoms with Crippen molar-refractivity contribution in [1.82, 2.24) is 0 Å². The number of sulfonamides is 2. The lowest BCUT2D eigenvalue weighted by Gasteiger charge is -2.18. The summed E-state index contributed by atoms with van der Waals surface area (Å²) in [6, 6.07) is 11.0. The van der Waals surface area contributed by atoms with E-state index < -0.39 is 31.9 Å². The van der Waals surface area contributed by atoms with Gasteiger partial charge in [0, 0.05) is 25.5 Å². The number of hydrogen-bond donors (Lipinski definition) is 1. The third-order valence-corrected chi connectivity index (χ3v) is 8.09. The molecule has 0 saturated carbocycles. The van der Waals surface area contributed by atoms with Gasteiger partial charge in [-0.15, -0.1) is 0 Å². The Morgan fingerprint density at radius 3 is 2.21 bits per heavy atom. The van der Waals surface area contributed by atoms with Gasteiger partial charge in [-0.1, -0.05) is 6.92 Å². The molecule has 8 nitrogen and oxygen atoms in total. The Kier molecular flexibility index (Phi) is 5.35. The van der Waals surface area contributed by atoms with Crippen molar-refractivity contribution in [3.63, 3.8) is 0 Å². The number of benzene rings is 2. The van der Waals surface area contributed by atoms with Crippen LogP contribution in [0, 0.1) is 12.8 Å². The van der Waals surface area contributed by atoms with Crippen LogP contribution < -0.4 is 13.9 Å². The van der Waals surface area contributed by atoms with Crippen molar-refractivity contribution in [3.05, 3.63) is 48.0 Å². The normalized spacial score (nSPS) is 18.7. The van der Waals surface area contributed by atoms with E-state index in [2.05, 4.69) is 4.72 Å². The maximum atomic E-state index is 12.8. The summed E-state index contributed by atoms with van der Waals surface area (Å²) in [7, 11) is -3.87. The van der Waals surface area contributed by atoms with E-state index in [1.807, 2.05) is 19.0 Å². The van der Waals surface area contributed by atoms with E-state index in [1.165, 1.54) is 18.2 Å². The summed E-state index contributed by atoms with van der Waals surface area (Å²) in [6.45, 7) is 3.11. The number of carbonyl (C=O) groups is 1. The molecule has 1 heterocycles. The first-order valence-electron chi connectivity index (χ1n) is 8.90. The van der Waals surface area contributed by atoms with Crippen molar-refractivity contribution in [2.24, 2.45) is 5.92 Å². The molecule has 0 bridgehead atoms. The zero-order valence-electron chi connectivity index (χ0n) is 16.6. The van der Waals surface area contributed by atoms with Gasteiger partial charge in [0.1, 0.15) is 0 Å². The molecule has 1 aliphatic rings. The van der Waals surface area contributed by atoms with Gasteiger partial charge in [0.05, 0.1) is 22.3 Å². The summed E-state index contributed by atoms with van der Waals surface area (Å²) < 4.78 is 53.4. The quantitative estimate of drug-likeness (QED) is 0.769. The van der Waals surface area contributed by atoms with Crippen LogP contribution in [0.1, 0.15) is 12.5 Å². The molecular formula is C19H23N3O5S2. The Labute approximate surface area is 171 Å². The molecule has 0 radical (unpaired) electrons. The molecule has 1 unspecified atom stereocenters. The lowest BCUT2D eigenvalue weighted by Crippen LogP contribution is -2.30. The molecule has 3 rings (SSSR count).